The van der Waals surface area contributed by atoms with Crippen molar-refractivity contribution in [3.05, 3.63) is 103 Å². The molecule has 0 aliphatic carbocycles. The van der Waals surface area contributed by atoms with Crippen LogP contribution in [0.4, 0.5) is 0 Å². The molecule has 0 fully saturated rings. The van der Waals surface area contributed by atoms with Gasteiger partial charge in [0.15, 0.2) is 0 Å². The molecule has 1 atom stereocenters. The number of carbonyl (C=O) groups is 1. The number of unbranched alkanes of at least 4 members (excludes halogenated alkanes) is 1. The molecule has 1 aromatic heterocycles. The van der Waals surface area contributed by atoms with E-state index in [9.17, 15) is 9.59 Å². The molecule has 0 bridgehead atoms. The van der Waals surface area contributed by atoms with Crippen molar-refractivity contribution in [3.8, 4) is 5.69 Å². The molecule has 1 amide bonds. The first kappa shape index (κ1) is 26.2. The van der Waals surface area contributed by atoms with Gasteiger partial charge >= 0.3 is 0 Å². The second-order valence-corrected chi connectivity index (χ2v) is 9.97. The third-order valence-electron chi connectivity index (χ3n) is 6.22. The maximum absolute atomic E-state index is 13.8. The summed E-state index contributed by atoms with van der Waals surface area (Å²) in [5.74, 6) is 0.255. The van der Waals surface area contributed by atoms with E-state index in [1.54, 1.807) is 39.8 Å². The number of rotatable bonds is 7. The lowest BCUT2D eigenvalue weighted by Crippen LogP contribution is -2.38. The first-order valence-corrected chi connectivity index (χ1v) is 12.9. The number of amides is 1. The van der Waals surface area contributed by atoms with Gasteiger partial charge in [0.25, 0.3) is 11.5 Å². The fourth-order valence-corrected chi connectivity index (χ4v) is 4.79. The summed E-state index contributed by atoms with van der Waals surface area (Å²) in [5, 5.41) is 1.76. The number of para-hydroxylation sites is 1. The van der Waals surface area contributed by atoms with Crippen molar-refractivity contribution in [2.24, 2.45) is 0 Å². The van der Waals surface area contributed by atoms with Gasteiger partial charge in [0.1, 0.15) is 5.82 Å². The Labute approximate surface area is 225 Å². The highest BCUT2D eigenvalue weighted by Gasteiger charge is 2.28. The number of benzene rings is 3. The molecular formula is C28H26Cl3N3O2. The Morgan fingerprint density at radius 1 is 1.03 bits per heavy atom. The van der Waals surface area contributed by atoms with Gasteiger partial charge in [-0.15, -0.1) is 0 Å². The van der Waals surface area contributed by atoms with Crippen LogP contribution in [-0.2, 0) is 0 Å². The fourth-order valence-electron chi connectivity index (χ4n) is 4.27. The lowest BCUT2D eigenvalue weighted by Gasteiger charge is -2.31. The molecule has 1 heterocycles. The van der Waals surface area contributed by atoms with Gasteiger partial charge in [-0.3, -0.25) is 14.2 Å². The standard InChI is InChI=1S/C28H26Cl3N3O2/c1-4-5-14-33(27(35)19-10-12-22(30)23(31)16-19)18(3)26-32-24-9-7-6-8-21(24)28(36)34(26)25-13-11-20(29)15-17(25)2/h6-13,15-16,18H,4-5,14H2,1-3H3. The third-order valence-corrected chi connectivity index (χ3v) is 7.20. The molecule has 5 nitrogen and oxygen atoms in total. The van der Waals surface area contributed by atoms with Crippen LogP contribution in [-0.4, -0.2) is 26.9 Å². The summed E-state index contributed by atoms with van der Waals surface area (Å²) >= 11 is 18.5. The number of aromatic nitrogens is 2. The number of halogens is 3. The smallest absolute Gasteiger partial charge is 0.266 e. The maximum Gasteiger partial charge on any atom is 0.266 e. The van der Waals surface area contributed by atoms with Crippen molar-refractivity contribution in [1.82, 2.24) is 14.5 Å². The van der Waals surface area contributed by atoms with E-state index in [0.717, 1.165) is 18.4 Å². The highest BCUT2D eigenvalue weighted by atomic mass is 35.5. The predicted octanol–water partition coefficient (Wildman–Crippen LogP) is 7.66. The molecule has 36 heavy (non-hydrogen) atoms. The summed E-state index contributed by atoms with van der Waals surface area (Å²) in [5.41, 5.74) is 2.28. The Bertz CT molecular complexity index is 1500. The molecule has 1 unspecified atom stereocenters. The molecule has 4 aromatic rings. The van der Waals surface area contributed by atoms with Gasteiger partial charge < -0.3 is 4.90 Å². The van der Waals surface area contributed by atoms with Gasteiger partial charge in [0.05, 0.1) is 32.7 Å². The van der Waals surface area contributed by atoms with Crippen LogP contribution in [0.3, 0.4) is 0 Å². The molecule has 8 heteroatoms. The van der Waals surface area contributed by atoms with E-state index in [2.05, 4.69) is 6.92 Å². The summed E-state index contributed by atoms with van der Waals surface area (Å²) in [4.78, 5) is 34.2. The molecule has 186 valence electrons. The van der Waals surface area contributed by atoms with Crippen LogP contribution in [0.1, 0.15) is 54.5 Å². The van der Waals surface area contributed by atoms with E-state index in [1.165, 1.54) is 0 Å². The van der Waals surface area contributed by atoms with Crippen molar-refractivity contribution in [2.45, 2.75) is 39.7 Å². The zero-order chi connectivity index (χ0) is 26.0. The second kappa shape index (κ2) is 11.0. The average molecular weight is 543 g/mol. The van der Waals surface area contributed by atoms with E-state index in [0.29, 0.717) is 49.6 Å². The number of carbonyl (C=O) groups excluding carboxylic acids is 1. The Morgan fingerprint density at radius 3 is 2.47 bits per heavy atom. The van der Waals surface area contributed by atoms with E-state index in [-0.39, 0.29) is 11.5 Å². The summed E-state index contributed by atoms with van der Waals surface area (Å²) in [6.07, 6.45) is 1.68. The van der Waals surface area contributed by atoms with Crippen LogP contribution in [0, 0.1) is 6.92 Å². The van der Waals surface area contributed by atoms with E-state index in [4.69, 9.17) is 39.8 Å². The van der Waals surface area contributed by atoms with Crippen LogP contribution in [0.15, 0.2) is 65.5 Å². The number of fused-ring (bicyclic) bond motifs is 1. The number of aryl methyl sites for hydroxylation is 1. The average Bonchev–Trinajstić information content (AvgIpc) is 2.86. The Morgan fingerprint density at radius 2 is 1.78 bits per heavy atom. The normalized spacial score (nSPS) is 12.1. The summed E-state index contributed by atoms with van der Waals surface area (Å²) in [6.45, 7) is 6.34. The molecule has 0 saturated carbocycles. The molecule has 3 aromatic carbocycles. The van der Waals surface area contributed by atoms with Gasteiger partial charge in [-0.05, 0) is 74.4 Å². The lowest BCUT2D eigenvalue weighted by atomic mass is 10.1. The zero-order valence-corrected chi connectivity index (χ0v) is 22.5. The van der Waals surface area contributed by atoms with Crippen LogP contribution < -0.4 is 5.56 Å². The molecule has 4 rings (SSSR count). The summed E-state index contributed by atoms with van der Waals surface area (Å²) < 4.78 is 1.60. The van der Waals surface area contributed by atoms with Gasteiger partial charge in [-0.2, -0.15) is 0 Å². The predicted molar refractivity (Wildman–Crippen MR) is 148 cm³/mol. The van der Waals surface area contributed by atoms with Crippen LogP contribution in [0.5, 0.6) is 0 Å². The highest BCUT2D eigenvalue weighted by molar-refractivity contribution is 6.42. The number of hydrogen-bond donors (Lipinski definition) is 0. The van der Waals surface area contributed by atoms with Gasteiger partial charge in [-0.1, -0.05) is 60.3 Å². The second-order valence-electron chi connectivity index (χ2n) is 8.72. The number of nitrogens with zero attached hydrogens (tertiary/aromatic N) is 3. The van der Waals surface area contributed by atoms with Gasteiger partial charge in [-0.25, -0.2) is 4.98 Å². The van der Waals surface area contributed by atoms with Crippen molar-refractivity contribution >= 4 is 51.6 Å². The van der Waals surface area contributed by atoms with Crippen molar-refractivity contribution < 1.29 is 4.79 Å². The Kier molecular flexibility index (Phi) is 8.04. The monoisotopic (exact) mass is 541 g/mol. The highest BCUT2D eigenvalue weighted by Crippen LogP contribution is 2.29. The Balaban J connectivity index is 1.92. The summed E-state index contributed by atoms with van der Waals surface area (Å²) in [6, 6.07) is 16.9. The molecular weight excluding hydrogens is 517 g/mol. The fraction of sp³-hybridized carbons (Fsp3) is 0.250. The minimum atomic E-state index is -0.522. The molecule has 0 spiro atoms. The molecule has 0 radical (unpaired) electrons. The largest absolute Gasteiger partial charge is 0.329 e. The molecule has 0 saturated heterocycles. The van der Waals surface area contributed by atoms with Crippen LogP contribution in [0.2, 0.25) is 15.1 Å². The van der Waals surface area contributed by atoms with E-state index < -0.39 is 6.04 Å². The van der Waals surface area contributed by atoms with Crippen molar-refractivity contribution in [1.29, 1.82) is 0 Å². The van der Waals surface area contributed by atoms with Crippen LogP contribution in [0.25, 0.3) is 16.6 Å². The third kappa shape index (κ3) is 5.15. The van der Waals surface area contributed by atoms with E-state index >= 15 is 0 Å². The molecule has 0 N–H and O–H groups in total. The first-order valence-electron chi connectivity index (χ1n) is 11.8. The van der Waals surface area contributed by atoms with Crippen molar-refractivity contribution in [2.75, 3.05) is 6.54 Å². The van der Waals surface area contributed by atoms with Gasteiger partial charge in [0.2, 0.25) is 0 Å². The Hall–Kier alpha value is -2.86. The van der Waals surface area contributed by atoms with E-state index in [1.807, 2.05) is 44.2 Å². The van der Waals surface area contributed by atoms with Crippen molar-refractivity contribution in [3.63, 3.8) is 0 Å². The zero-order valence-electron chi connectivity index (χ0n) is 20.3. The minimum absolute atomic E-state index is 0.203. The SMILES string of the molecule is CCCCN(C(=O)c1ccc(Cl)c(Cl)c1)C(C)c1nc2ccccc2c(=O)n1-c1ccc(Cl)cc1C. The lowest BCUT2D eigenvalue weighted by molar-refractivity contribution is 0.0678. The number of hydrogen-bond acceptors (Lipinski definition) is 3. The quantitative estimate of drug-likeness (QED) is 0.241. The minimum Gasteiger partial charge on any atom is -0.329 e. The topological polar surface area (TPSA) is 55.2 Å². The summed E-state index contributed by atoms with van der Waals surface area (Å²) in [7, 11) is 0. The maximum atomic E-state index is 13.8. The molecule has 0 aliphatic rings. The van der Waals surface area contributed by atoms with Crippen LogP contribution >= 0.6 is 34.8 Å². The first-order chi connectivity index (χ1) is 17.2. The van der Waals surface area contributed by atoms with Gasteiger partial charge in [0, 0.05) is 17.1 Å². The molecule has 0 aliphatic heterocycles.